The van der Waals surface area contributed by atoms with E-state index in [-0.39, 0.29) is 6.04 Å². The summed E-state index contributed by atoms with van der Waals surface area (Å²) in [6.45, 7) is 4.23. The summed E-state index contributed by atoms with van der Waals surface area (Å²) in [5.41, 5.74) is 0.682. The molecule has 1 saturated carbocycles. The number of aromatic nitrogens is 5. The van der Waals surface area contributed by atoms with E-state index in [0.29, 0.717) is 24.7 Å². The van der Waals surface area contributed by atoms with Crippen LogP contribution in [0.5, 0.6) is 0 Å². The van der Waals surface area contributed by atoms with Crippen LogP contribution in [0.15, 0.2) is 24.5 Å². The molecule has 0 spiro atoms. The van der Waals surface area contributed by atoms with Gasteiger partial charge in [0.2, 0.25) is 0 Å². The molecule has 138 valence electrons. The summed E-state index contributed by atoms with van der Waals surface area (Å²) in [7, 11) is 0. The fourth-order valence-electron chi connectivity index (χ4n) is 3.27. The van der Waals surface area contributed by atoms with Crippen LogP contribution in [-0.2, 0) is 4.74 Å². The lowest BCUT2D eigenvalue weighted by atomic mass is 10.1. The molecular weight excluding hydrogens is 344 g/mol. The van der Waals surface area contributed by atoms with Gasteiger partial charge in [0.05, 0.1) is 30.8 Å². The minimum absolute atomic E-state index is 0.221. The lowest BCUT2D eigenvalue weighted by molar-refractivity contribution is 0.0985. The molecule has 5 rings (SSSR count). The molecule has 2 aliphatic rings. The molecule has 27 heavy (non-hydrogen) atoms. The van der Waals surface area contributed by atoms with Crippen molar-refractivity contribution in [2.24, 2.45) is 0 Å². The van der Waals surface area contributed by atoms with Crippen LogP contribution in [0, 0.1) is 11.8 Å². The monoisotopic (exact) mass is 364 g/mol. The molecule has 8 heteroatoms. The van der Waals surface area contributed by atoms with Crippen molar-refractivity contribution < 1.29 is 9.84 Å². The van der Waals surface area contributed by atoms with E-state index in [1.165, 1.54) is 0 Å². The predicted molar refractivity (Wildman–Crippen MR) is 99.7 cm³/mol. The number of aromatic amines is 1. The van der Waals surface area contributed by atoms with Crippen molar-refractivity contribution in [2.45, 2.75) is 31.4 Å². The van der Waals surface area contributed by atoms with Gasteiger partial charge in [-0.15, -0.1) is 0 Å². The normalized spacial score (nSPS) is 21.1. The number of hydrogen-bond acceptors (Lipinski definition) is 6. The Morgan fingerprint density at radius 3 is 3.00 bits per heavy atom. The van der Waals surface area contributed by atoms with Crippen LogP contribution >= 0.6 is 0 Å². The molecule has 0 bridgehead atoms. The lowest BCUT2D eigenvalue weighted by Crippen LogP contribution is -2.44. The van der Waals surface area contributed by atoms with E-state index in [9.17, 15) is 5.11 Å². The topological polar surface area (TPSA) is 92.1 Å². The summed E-state index contributed by atoms with van der Waals surface area (Å²) in [6.07, 6.45) is 4.97. The molecule has 2 fully saturated rings. The van der Waals surface area contributed by atoms with Gasteiger partial charge in [0, 0.05) is 24.4 Å². The van der Waals surface area contributed by atoms with Crippen molar-refractivity contribution in [2.75, 3.05) is 24.7 Å². The number of pyridine rings is 1. The first-order valence-electron chi connectivity index (χ1n) is 9.12. The number of anilines is 1. The standard InChI is InChI=1S/C19H20N6O2/c1-13-12-27-9-8-24(13)17-10-14(2-4-19(26)5-6-19)15-11-21-25(18(15)22-17)16-3-7-20-23-16/h3,7,10-11,13,26H,5-6,8-9,12H2,1H3,(H,20,23)/t13-/m1/s1. The van der Waals surface area contributed by atoms with E-state index >= 15 is 0 Å². The number of nitrogens with zero attached hydrogens (tertiary/aromatic N) is 5. The van der Waals surface area contributed by atoms with Crippen LogP contribution in [0.2, 0.25) is 0 Å². The van der Waals surface area contributed by atoms with Gasteiger partial charge in [0.25, 0.3) is 0 Å². The fraction of sp³-hybridized carbons (Fsp3) is 0.421. The molecule has 0 aromatic carbocycles. The van der Waals surface area contributed by atoms with Crippen molar-refractivity contribution in [3.63, 3.8) is 0 Å². The smallest absolute Gasteiger partial charge is 0.177 e. The molecule has 3 aromatic rings. The van der Waals surface area contributed by atoms with E-state index in [4.69, 9.17) is 9.72 Å². The number of rotatable bonds is 2. The summed E-state index contributed by atoms with van der Waals surface area (Å²) in [5, 5.41) is 22.5. The highest BCUT2D eigenvalue weighted by Crippen LogP contribution is 2.34. The minimum atomic E-state index is -0.833. The van der Waals surface area contributed by atoms with Gasteiger partial charge in [0.1, 0.15) is 11.4 Å². The number of aliphatic hydroxyl groups is 1. The van der Waals surface area contributed by atoms with E-state index < -0.39 is 5.60 Å². The Hall–Kier alpha value is -2.89. The van der Waals surface area contributed by atoms with Crippen LogP contribution in [0.3, 0.4) is 0 Å². The molecule has 2 N–H and O–H groups in total. The first-order chi connectivity index (χ1) is 13.1. The Labute approximate surface area is 156 Å². The molecular formula is C19H20N6O2. The van der Waals surface area contributed by atoms with Gasteiger partial charge < -0.3 is 14.7 Å². The maximum absolute atomic E-state index is 10.1. The molecule has 8 nitrogen and oxygen atoms in total. The third-order valence-electron chi connectivity index (χ3n) is 5.05. The van der Waals surface area contributed by atoms with Gasteiger partial charge in [0.15, 0.2) is 11.5 Å². The minimum Gasteiger partial charge on any atom is -0.378 e. The van der Waals surface area contributed by atoms with Crippen LogP contribution in [0.25, 0.3) is 16.9 Å². The number of H-pyrrole nitrogens is 1. The maximum Gasteiger partial charge on any atom is 0.177 e. The van der Waals surface area contributed by atoms with Gasteiger partial charge in [-0.1, -0.05) is 11.8 Å². The first-order valence-corrected chi connectivity index (χ1v) is 9.12. The van der Waals surface area contributed by atoms with Crippen LogP contribution in [0.1, 0.15) is 25.3 Å². The second-order valence-corrected chi connectivity index (χ2v) is 7.15. The van der Waals surface area contributed by atoms with E-state index in [0.717, 1.165) is 36.2 Å². The fourth-order valence-corrected chi connectivity index (χ4v) is 3.27. The molecule has 1 aliphatic heterocycles. The SMILES string of the molecule is C[C@@H]1COCCN1c1cc(C#CC2(O)CC2)c2cnn(-c3cc[nH]n3)c2n1. The van der Waals surface area contributed by atoms with Crippen LogP contribution < -0.4 is 4.90 Å². The zero-order valence-electron chi connectivity index (χ0n) is 15.0. The van der Waals surface area contributed by atoms with Crippen molar-refractivity contribution in [1.82, 2.24) is 25.0 Å². The molecule has 3 aromatic heterocycles. The quantitative estimate of drug-likeness (QED) is 0.665. The second kappa shape index (κ2) is 6.08. The zero-order chi connectivity index (χ0) is 18.4. The molecule has 0 unspecified atom stereocenters. The highest BCUT2D eigenvalue weighted by atomic mass is 16.5. The first kappa shape index (κ1) is 16.3. The highest BCUT2D eigenvalue weighted by molar-refractivity contribution is 5.85. The largest absolute Gasteiger partial charge is 0.378 e. The van der Waals surface area contributed by atoms with Gasteiger partial charge in [-0.2, -0.15) is 14.9 Å². The average molecular weight is 364 g/mol. The van der Waals surface area contributed by atoms with Crippen LogP contribution in [-0.4, -0.2) is 61.5 Å². The molecule has 0 radical (unpaired) electrons. The van der Waals surface area contributed by atoms with Crippen molar-refractivity contribution in [3.8, 4) is 17.7 Å². The van der Waals surface area contributed by atoms with Gasteiger partial charge >= 0.3 is 0 Å². The Morgan fingerprint density at radius 2 is 2.26 bits per heavy atom. The van der Waals surface area contributed by atoms with Gasteiger partial charge in [-0.25, -0.2) is 4.98 Å². The Balaban J connectivity index is 1.67. The number of nitrogens with one attached hydrogen (secondary N) is 1. The molecule has 0 amide bonds. The zero-order valence-corrected chi connectivity index (χ0v) is 15.0. The predicted octanol–water partition coefficient (Wildman–Crippen LogP) is 1.25. The summed E-state index contributed by atoms with van der Waals surface area (Å²) >= 11 is 0. The van der Waals surface area contributed by atoms with Crippen LogP contribution in [0.4, 0.5) is 5.82 Å². The lowest BCUT2D eigenvalue weighted by Gasteiger charge is -2.34. The van der Waals surface area contributed by atoms with Crippen molar-refractivity contribution in [1.29, 1.82) is 0 Å². The van der Waals surface area contributed by atoms with E-state index in [1.807, 2.05) is 12.1 Å². The maximum atomic E-state index is 10.1. The molecule has 4 heterocycles. The molecule has 1 saturated heterocycles. The van der Waals surface area contributed by atoms with Gasteiger partial charge in [-0.3, -0.25) is 5.10 Å². The third kappa shape index (κ3) is 2.95. The second-order valence-electron chi connectivity index (χ2n) is 7.15. The number of ether oxygens (including phenoxy) is 1. The van der Waals surface area contributed by atoms with Gasteiger partial charge in [-0.05, 0) is 25.8 Å². The van der Waals surface area contributed by atoms with Crippen molar-refractivity contribution >= 4 is 16.9 Å². The van der Waals surface area contributed by atoms with E-state index in [2.05, 4.69) is 39.0 Å². The number of fused-ring (bicyclic) bond motifs is 1. The summed E-state index contributed by atoms with van der Waals surface area (Å²) in [5.74, 6) is 7.67. The Bertz CT molecular complexity index is 1040. The Morgan fingerprint density at radius 1 is 1.37 bits per heavy atom. The summed E-state index contributed by atoms with van der Waals surface area (Å²) in [4.78, 5) is 7.10. The average Bonchev–Trinajstić information content (AvgIpc) is 3.07. The third-order valence-corrected chi connectivity index (χ3v) is 5.05. The van der Waals surface area contributed by atoms with E-state index in [1.54, 1.807) is 17.1 Å². The van der Waals surface area contributed by atoms with Crippen molar-refractivity contribution in [3.05, 3.63) is 30.1 Å². The Kier molecular flexibility index (Phi) is 3.67. The molecule has 1 atom stereocenters. The summed E-state index contributed by atoms with van der Waals surface area (Å²) in [6, 6.07) is 4.05. The number of hydrogen-bond donors (Lipinski definition) is 2. The summed E-state index contributed by atoms with van der Waals surface area (Å²) < 4.78 is 7.26. The number of morpholine rings is 1. The highest BCUT2D eigenvalue weighted by Gasteiger charge is 2.38. The molecule has 1 aliphatic carbocycles.